The van der Waals surface area contributed by atoms with Gasteiger partial charge in [0.15, 0.2) is 5.13 Å². The highest BCUT2D eigenvalue weighted by Crippen LogP contribution is 2.31. The average molecular weight is 348 g/mol. The zero-order valence-corrected chi connectivity index (χ0v) is 13.5. The Morgan fingerprint density at radius 1 is 1.50 bits per heavy atom. The first-order chi connectivity index (χ1) is 9.42. The van der Waals surface area contributed by atoms with E-state index < -0.39 is 10.0 Å². The van der Waals surface area contributed by atoms with Gasteiger partial charge in [0.1, 0.15) is 4.21 Å². The largest absolute Gasteiger partial charge is 0.320 e. The number of sulfonamides is 1. The minimum Gasteiger partial charge on any atom is -0.320 e. The summed E-state index contributed by atoms with van der Waals surface area (Å²) >= 11 is 8.04. The van der Waals surface area contributed by atoms with Gasteiger partial charge in [0, 0.05) is 0 Å². The molecule has 2 heterocycles. The molecule has 2 aromatic rings. The van der Waals surface area contributed by atoms with Crippen LogP contribution >= 0.6 is 34.3 Å². The number of nitrogens with two attached hydrogens (primary N) is 1. The van der Waals surface area contributed by atoms with Gasteiger partial charge in [-0.25, -0.2) is 13.4 Å². The molecule has 0 spiro atoms. The zero-order valence-electron chi connectivity index (χ0n) is 10.3. The predicted molar refractivity (Wildman–Crippen MR) is 82.9 cm³/mol. The van der Waals surface area contributed by atoms with E-state index in [0.29, 0.717) is 9.21 Å². The fourth-order valence-electron chi connectivity index (χ4n) is 1.25. The van der Waals surface area contributed by atoms with Crippen LogP contribution in [0.5, 0.6) is 0 Å². The third kappa shape index (κ3) is 3.50. The Hall–Kier alpha value is -1.11. The summed E-state index contributed by atoms with van der Waals surface area (Å²) in [5.41, 5.74) is 5.99. The summed E-state index contributed by atoms with van der Waals surface area (Å²) in [7, 11) is -3.66. The first kappa shape index (κ1) is 15.3. The van der Waals surface area contributed by atoms with Crippen molar-refractivity contribution in [1.29, 1.82) is 0 Å². The maximum absolute atomic E-state index is 12.1. The highest BCUT2D eigenvalue weighted by atomic mass is 35.5. The van der Waals surface area contributed by atoms with Gasteiger partial charge in [-0.3, -0.25) is 4.72 Å². The number of thiazole rings is 1. The lowest BCUT2D eigenvalue weighted by atomic mass is 10.4. The van der Waals surface area contributed by atoms with Crippen LogP contribution < -0.4 is 10.5 Å². The smallest absolute Gasteiger partial charge is 0.273 e. The molecule has 2 rings (SSSR count). The zero-order chi connectivity index (χ0) is 14.8. The molecule has 0 saturated carbocycles. The number of nitrogens with one attached hydrogen (secondary N) is 1. The third-order valence-electron chi connectivity index (χ3n) is 2.14. The van der Waals surface area contributed by atoms with Gasteiger partial charge in [-0.1, -0.05) is 34.8 Å². The minimum atomic E-state index is -3.66. The molecule has 5 nitrogen and oxygen atoms in total. The van der Waals surface area contributed by atoms with E-state index in [9.17, 15) is 8.42 Å². The SMILES string of the molecule is Cc1cc(S(=O)(=O)Nc2ncc(C#CCN)s2)sc1Cl. The Labute approximate surface area is 129 Å². The fourth-order valence-corrected chi connectivity index (χ4v) is 4.89. The quantitative estimate of drug-likeness (QED) is 0.834. The van der Waals surface area contributed by atoms with Crippen molar-refractivity contribution in [2.24, 2.45) is 5.73 Å². The lowest BCUT2D eigenvalue weighted by Crippen LogP contribution is -2.11. The Balaban J connectivity index is 2.22. The van der Waals surface area contributed by atoms with Crippen molar-refractivity contribution >= 4 is 49.4 Å². The van der Waals surface area contributed by atoms with Crippen LogP contribution in [-0.2, 0) is 10.0 Å². The van der Waals surface area contributed by atoms with Gasteiger partial charge >= 0.3 is 0 Å². The van der Waals surface area contributed by atoms with Gasteiger partial charge in [-0.2, -0.15) is 0 Å². The van der Waals surface area contributed by atoms with Crippen molar-refractivity contribution < 1.29 is 8.42 Å². The molecule has 0 bridgehead atoms. The van der Waals surface area contributed by atoms with Gasteiger partial charge in [-0.15, -0.1) is 11.3 Å². The van der Waals surface area contributed by atoms with E-state index in [1.54, 1.807) is 6.92 Å². The number of thiophene rings is 1. The average Bonchev–Trinajstić information content (AvgIpc) is 2.95. The number of anilines is 1. The molecule has 0 aromatic carbocycles. The summed E-state index contributed by atoms with van der Waals surface area (Å²) < 4.78 is 27.3. The van der Waals surface area contributed by atoms with Crippen molar-refractivity contribution in [2.45, 2.75) is 11.1 Å². The molecule has 0 radical (unpaired) electrons. The normalized spacial score (nSPS) is 10.9. The summed E-state index contributed by atoms with van der Waals surface area (Å²) in [6.45, 7) is 1.99. The number of halogens is 1. The van der Waals surface area contributed by atoms with Gasteiger partial charge in [0.2, 0.25) is 0 Å². The standard InChI is InChI=1S/C11H10ClN3O2S3/c1-7-5-9(19-10(7)12)20(16,17)15-11-14-6-8(18-11)3-2-4-13/h5-6H,4,13H2,1H3,(H,14,15). The van der Waals surface area contributed by atoms with Crippen LogP contribution in [-0.4, -0.2) is 19.9 Å². The summed E-state index contributed by atoms with van der Waals surface area (Å²) in [6.07, 6.45) is 1.50. The molecule has 2 aromatic heterocycles. The first-order valence-electron chi connectivity index (χ1n) is 5.36. The lowest BCUT2D eigenvalue weighted by Gasteiger charge is -2.01. The summed E-state index contributed by atoms with van der Waals surface area (Å²) in [5.74, 6) is 5.47. The van der Waals surface area contributed by atoms with E-state index in [4.69, 9.17) is 17.3 Å². The molecular formula is C11H10ClN3O2S3. The maximum atomic E-state index is 12.1. The summed E-state index contributed by atoms with van der Waals surface area (Å²) in [4.78, 5) is 4.61. The van der Waals surface area contributed by atoms with E-state index in [1.807, 2.05) is 0 Å². The van der Waals surface area contributed by atoms with Crippen LogP contribution in [0.25, 0.3) is 0 Å². The van der Waals surface area contributed by atoms with E-state index in [2.05, 4.69) is 21.5 Å². The van der Waals surface area contributed by atoms with Crippen molar-refractivity contribution in [2.75, 3.05) is 11.3 Å². The Morgan fingerprint density at radius 3 is 2.85 bits per heavy atom. The van der Waals surface area contributed by atoms with Crippen molar-refractivity contribution in [3.63, 3.8) is 0 Å². The predicted octanol–water partition coefficient (Wildman–Crippen LogP) is 2.28. The van der Waals surface area contributed by atoms with Gasteiger partial charge < -0.3 is 5.73 Å². The number of nitrogens with zero attached hydrogens (tertiary/aromatic N) is 1. The lowest BCUT2D eigenvalue weighted by molar-refractivity contribution is 0.603. The molecule has 20 heavy (non-hydrogen) atoms. The third-order valence-corrected chi connectivity index (χ3v) is 6.47. The minimum absolute atomic E-state index is 0.157. The van der Waals surface area contributed by atoms with E-state index in [-0.39, 0.29) is 15.9 Å². The van der Waals surface area contributed by atoms with Crippen LogP contribution in [0, 0.1) is 18.8 Å². The van der Waals surface area contributed by atoms with E-state index in [1.165, 1.54) is 12.3 Å². The highest BCUT2D eigenvalue weighted by molar-refractivity contribution is 7.95. The molecule has 0 saturated heterocycles. The van der Waals surface area contributed by atoms with E-state index >= 15 is 0 Å². The monoisotopic (exact) mass is 347 g/mol. The molecule has 9 heteroatoms. The molecule has 0 unspecified atom stereocenters. The Morgan fingerprint density at radius 2 is 2.25 bits per heavy atom. The molecule has 0 amide bonds. The number of rotatable bonds is 3. The number of aromatic nitrogens is 1. The number of hydrogen-bond donors (Lipinski definition) is 2. The second-order valence-electron chi connectivity index (χ2n) is 3.66. The van der Waals surface area contributed by atoms with Crippen molar-refractivity contribution in [1.82, 2.24) is 4.98 Å². The Kier molecular flexibility index (Phi) is 4.67. The highest BCUT2D eigenvalue weighted by Gasteiger charge is 2.19. The van der Waals surface area contributed by atoms with Gasteiger partial charge in [0.05, 0.1) is 22.0 Å². The molecular weight excluding hydrogens is 338 g/mol. The van der Waals surface area contributed by atoms with Gasteiger partial charge in [0.25, 0.3) is 10.0 Å². The van der Waals surface area contributed by atoms with Crippen LogP contribution in [0.4, 0.5) is 5.13 Å². The number of hydrogen-bond acceptors (Lipinski definition) is 6. The first-order valence-corrected chi connectivity index (χ1v) is 8.85. The maximum Gasteiger partial charge on any atom is 0.273 e. The topological polar surface area (TPSA) is 85.1 Å². The van der Waals surface area contributed by atoms with Crippen LogP contribution in [0.1, 0.15) is 10.4 Å². The van der Waals surface area contributed by atoms with E-state index in [0.717, 1.165) is 28.2 Å². The fraction of sp³-hybridized carbons (Fsp3) is 0.182. The Bertz CT molecular complexity index is 764. The summed E-state index contributed by atoms with van der Waals surface area (Å²) in [5, 5.41) is 0.258. The molecule has 106 valence electrons. The molecule has 0 fully saturated rings. The second kappa shape index (κ2) is 6.11. The molecule has 0 atom stereocenters. The summed E-state index contributed by atoms with van der Waals surface area (Å²) in [6, 6.07) is 1.53. The number of aryl methyl sites for hydroxylation is 1. The van der Waals surface area contributed by atoms with Crippen LogP contribution in [0.3, 0.4) is 0 Å². The van der Waals surface area contributed by atoms with Crippen LogP contribution in [0.15, 0.2) is 16.5 Å². The van der Waals surface area contributed by atoms with Gasteiger partial charge in [-0.05, 0) is 18.6 Å². The van der Waals surface area contributed by atoms with Crippen molar-refractivity contribution in [3.05, 3.63) is 27.0 Å². The van der Waals surface area contributed by atoms with Crippen LogP contribution in [0.2, 0.25) is 4.34 Å². The molecule has 0 aliphatic heterocycles. The molecule has 0 aliphatic rings. The molecule has 0 aliphatic carbocycles. The van der Waals surface area contributed by atoms with Crippen molar-refractivity contribution in [3.8, 4) is 11.8 Å². The molecule has 3 N–H and O–H groups in total. The second-order valence-corrected chi connectivity index (χ2v) is 8.26.